The van der Waals surface area contributed by atoms with Gasteiger partial charge in [0.1, 0.15) is 0 Å². The van der Waals surface area contributed by atoms with Crippen molar-refractivity contribution in [1.82, 2.24) is 9.55 Å². The number of rotatable bonds is 4. The Morgan fingerprint density at radius 1 is 1.07 bits per heavy atom. The maximum Gasteiger partial charge on any atom is 1.00 e. The molecule has 28 heavy (non-hydrogen) atoms. The van der Waals surface area contributed by atoms with E-state index in [0.29, 0.717) is 22.3 Å². The third-order valence-electron chi connectivity index (χ3n) is 4.45. The zero-order valence-electron chi connectivity index (χ0n) is 16.4. The molecule has 7 nitrogen and oxygen atoms in total. The van der Waals surface area contributed by atoms with Crippen LogP contribution < -0.4 is 34.7 Å². The summed E-state index contributed by atoms with van der Waals surface area (Å²) in [6.45, 7) is 5.48. The van der Waals surface area contributed by atoms with Crippen molar-refractivity contribution in [2.75, 3.05) is 0 Å². The number of hydrogen-bond donors (Lipinski definition) is 1. The van der Waals surface area contributed by atoms with Crippen LogP contribution in [0.5, 0.6) is 0 Å². The van der Waals surface area contributed by atoms with Gasteiger partial charge in [0.2, 0.25) is 0 Å². The fraction of sp³-hybridized carbons (Fsp3) is 0.200. The number of carbonyl (C=O) groups is 1. The van der Waals surface area contributed by atoms with Gasteiger partial charge < -0.3 is 25.7 Å². The average molecular weight is 394 g/mol. The summed E-state index contributed by atoms with van der Waals surface area (Å²) >= 11 is 0. The van der Waals surface area contributed by atoms with E-state index < -0.39 is 12.1 Å². The van der Waals surface area contributed by atoms with Gasteiger partial charge in [0.15, 0.2) is 0 Å². The molecule has 0 fully saturated rings. The summed E-state index contributed by atoms with van der Waals surface area (Å²) in [5.41, 5.74) is 4.70. The second kappa shape index (κ2) is 10.5. The number of hydrogen-bond acceptors (Lipinski definition) is 3. The number of imidazole rings is 1. The summed E-state index contributed by atoms with van der Waals surface area (Å²) in [6.07, 6.45) is 4.12. The van der Waals surface area contributed by atoms with Crippen LogP contribution in [-0.4, -0.2) is 31.6 Å². The van der Waals surface area contributed by atoms with Crippen molar-refractivity contribution in [3.8, 4) is 5.69 Å². The van der Waals surface area contributed by atoms with Crippen LogP contribution in [0.15, 0.2) is 49.1 Å². The third-order valence-corrected chi connectivity index (χ3v) is 4.45. The molecule has 5 N–H and O–H groups in total. The van der Waals surface area contributed by atoms with E-state index in [-0.39, 0.29) is 46.1 Å². The van der Waals surface area contributed by atoms with Crippen LogP contribution in [-0.2, 0) is 0 Å². The van der Waals surface area contributed by atoms with Crippen LogP contribution in [0.1, 0.15) is 44.3 Å². The van der Waals surface area contributed by atoms with Gasteiger partial charge in [-0.1, -0.05) is 23.3 Å². The average Bonchev–Trinajstić information content (AvgIpc) is 3.08. The van der Waals surface area contributed by atoms with Crippen LogP contribution >= 0.6 is 0 Å². The van der Waals surface area contributed by atoms with E-state index >= 15 is 0 Å². The number of aromatic carboxylic acids is 1. The van der Waals surface area contributed by atoms with E-state index in [4.69, 9.17) is 0 Å². The van der Waals surface area contributed by atoms with Crippen LogP contribution in [0, 0.1) is 20.8 Å². The van der Waals surface area contributed by atoms with Crippen molar-refractivity contribution >= 4 is 5.97 Å². The van der Waals surface area contributed by atoms with Gasteiger partial charge in [-0.15, -0.1) is 0 Å². The molecule has 1 unspecified atom stereocenters. The number of carboxylic acid groups (broad SMARTS) is 1. The standard InChI is InChI=1S/C20H19N2O3.Na.2H2O/c1-12-4-5-16(22-7-6-21-11-22)10-17(12)19(23)18-13(2)8-15(20(24)25)9-14(18)3;;;/h4-11,19H,1-3H3,(H,24,25);;2*1H2/q-1;+1;;. The Labute approximate surface area is 185 Å². The molecule has 144 valence electrons. The zero-order valence-corrected chi connectivity index (χ0v) is 18.4. The molecule has 3 rings (SSSR count). The molecule has 0 bridgehead atoms. The first-order valence-corrected chi connectivity index (χ1v) is 7.97. The minimum atomic E-state index is -1.08. The topological polar surface area (TPSA) is 141 Å². The number of nitrogens with zero attached hydrogens (tertiary/aromatic N) is 2. The number of benzene rings is 2. The van der Waals surface area contributed by atoms with Crippen LogP contribution in [0.4, 0.5) is 0 Å². The third kappa shape index (κ3) is 5.08. The van der Waals surface area contributed by atoms with Gasteiger partial charge in [0.05, 0.1) is 11.9 Å². The van der Waals surface area contributed by atoms with E-state index in [1.54, 1.807) is 38.5 Å². The molecule has 0 spiro atoms. The molecule has 2 aromatic carbocycles. The van der Waals surface area contributed by atoms with E-state index in [0.717, 1.165) is 11.3 Å². The van der Waals surface area contributed by atoms with E-state index in [1.165, 1.54) is 0 Å². The summed E-state index contributed by atoms with van der Waals surface area (Å²) in [4.78, 5) is 15.2. The minimum absolute atomic E-state index is 0. The molecule has 0 saturated carbocycles. The molecule has 0 aliphatic carbocycles. The van der Waals surface area contributed by atoms with E-state index in [1.807, 2.05) is 35.9 Å². The summed E-state index contributed by atoms with van der Waals surface area (Å²) in [5, 5.41) is 22.4. The van der Waals surface area contributed by atoms with Crippen molar-refractivity contribution in [3.05, 3.63) is 82.4 Å². The number of aromatic nitrogens is 2. The fourth-order valence-corrected chi connectivity index (χ4v) is 3.15. The largest absolute Gasteiger partial charge is 1.00 e. The summed E-state index contributed by atoms with van der Waals surface area (Å²) < 4.78 is 1.85. The summed E-state index contributed by atoms with van der Waals surface area (Å²) in [7, 11) is 0. The molecule has 0 aliphatic heterocycles. The molecule has 8 heteroatoms. The molecule has 0 saturated heterocycles. The van der Waals surface area contributed by atoms with Crippen molar-refractivity contribution < 1.29 is 55.5 Å². The van der Waals surface area contributed by atoms with Gasteiger partial charge in [-0.3, -0.25) is 0 Å². The molecular formula is C20H23N2NaO5. The van der Waals surface area contributed by atoms with Gasteiger partial charge in [-0.05, 0) is 61.7 Å². The van der Waals surface area contributed by atoms with Gasteiger partial charge in [0.25, 0.3) is 0 Å². The second-order valence-electron chi connectivity index (χ2n) is 6.22. The van der Waals surface area contributed by atoms with Gasteiger partial charge in [0, 0.05) is 18.1 Å². The Morgan fingerprint density at radius 2 is 1.68 bits per heavy atom. The van der Waals surface area contributed by atoms with E-state index in [2.05, 4.69) is 4.98 Å². The number of aryl methyl sites for hydroxylation is 3. The normalized spacial score (nSPS) is 10.9. The molecule has 0 radical (unpaired) electrons. The van der Waals surface area contributed by atoms with Gasteiger partial charge in [-0.25, -0.2) is 9.78 Å². The Kier molecular flexibility index (Phi) is 9.77. The van der Waals surface area contributed by atoms with Crippen LogP contribution in [0.3, 0.4) is 0 Å². The van der Waals surface area contributed by atoms with Crippen molar-refractivity contribution in [2.45, 2.75) is 26.9 Å². The van der Waals surface area contributed by atoms with Crippen LogP contribution in [0.25, 0.3) is 5.69 Å². The molecule has 1 heterocycles. The van der Waals surface area contributed by atoms with Gasteiger partial charge >= 0.3 is 35.5 Å². The summed E-state index contributed by atoms with van der Waals surface area (Å²) in [5.74, 6) is -0.988. The first-order chi connectivity index (χ1) is 11.9. The van der Waals surface area contributed by atoms with Gasteiger partial charge in [-0.2, -0.15) is 0 Å². The quantitative estimate of drug-likeness (QED) is 0.527. The Balaban J connectivity index is 0.00000243. The Hall–Kier alpha value is -2.00. The predicted octanol–water partition coefficient (Wildman–Crippen LogP) is -1.70. The van der Waals surface area contributed by atoms with Crippen molar-refractivity contribution in [1.29, 1.82) is 0 Å². The maximum atomic E-state index is 13.2. The first kappa shape index (κ1) is 26.0. The molecule has 1 aromatic heterocycles. The van der Waals surface area contributed by atoms with Crippen LogP contribution in [0.2, 0.25) is 0 Å². The zero-order chi connectivity index (χ0) is 18.1. The Bertz CT molecular complexity index is 919. The monoisotopic (exact) mass is 394 g/mol. The molecule has 3 aromatic rings. The molecular weight excluding hydrogens is 371 g/mol. The summed E-state index contributed by atoms with van der Waals surface area (Å²) in [6, 6.07) is 8.86. The molecule has 0 amide bonds. The predicted molar refractivity (Wildman–Crippen MR) is 100 cm³/mol. The minimum Gasteiger partial charge on any atom is -0.845 e. The smallest absolute Gasteiger partial charge is 0.845 e. The molecule has 1 atom stereocenters. The van der Waals surface area contributed by atoms with Crippen molar-refractivity contribution in [3.63, 3.8) is 0 Å². The fourth-order valence-electron chi connectivity index (χ4n) is 3.15. The SMILES string of the molecule is Cc1ccc(-n2ccnc2)cc1C([O-])c1c(C)cc(C(=O)O)cc1C.O.O.[Na+]. The first-order valence-electron chi connectivity index (χ1n) is 7.97. The van der Waals surface area contributed by atoms with Crippen molar-refractivity contribution in [2.24, 2.45) is 0 Å². The number of carboxylic acids is 1. The second-order valence-corrected chi connectivity index (χ2v) is 6.22. The maximum absolute atomic E-state index is 13.2. The molecule has 0 aliphatic rings. The Morgan fingerprint density at radius 3 is 2.18 bits per heavy atom. The van der Waals surface area contributed by atoms with E-state index in [9.17, 15) is 15.0 Å².